The summed E-state index contributed by atoms with van der Waals surface area (Å²) in [6, 6.07) is 0. The highest BCUT2D eigenvalue weighted by molar-refractivity contribution is 4.91. The number of rotatable bonds is 5. The first-order valence-electron chi connectivity index (χ1n) is 8.51. The molecule has 0 amide bonds. The Hall–Kier alpha value is -0.0800. The first-order chi connectivity index (χ1) is 9.19. The standard InChI is InChI=1S/C17H33NO/c1-4-15-9-5-6-10-16(15)19-17(13-18-3)11-7-8-14(2)12-17/h14-16,18H,4-13H2,1-3H3. The van der Waals surface area contributed by atoms with Crippen molar-refractivity contribution in [2.24, 2.45) is 11.8 Å². The van der Waals surface area contributed by atoms with Crippen LogP contribution in [0.25, 0.3) is 0 Å². The van der Waals surface area contributed by atoms with Crippen molar-refractivity contribution in [3.63, 3.8) is 0 Å². The Balaban J connectivity index is 2.02. The summed E-state index contributed by atoms with van der Waals surface area (Å²) in [5, 5.41) is 3.40. The molecule has 2 saturated carbocycles. The van der Waals surface area contributed by atoms with Gasteiger partial charge in [0, 0.05) is 6.54 Å². The van der Waals surface area contributed by atoms with E-state index in [0.717, 1.165) is 18.4 Å². The third kappa shape index (κ3) is 3.95. The molecular weight excluding hydrogens is 234 g/mol. The van der Waals surface area contributed by atoms with Gasteiger partial charge in [0.2, 0.25) is 0 Å². The van der Waals surface area contributed by atoms with Crippen LogP contribution in [0.15, 0.2) is 0 Å². The van der Waals surface area contributed by atoms with Crippen LogP contribution in [-0.4, -0.2) is 25.3 Å². The van der Waals surface area contributed by atoms with Crippen LogP contribution in [0.5, 0.6) is 0 Å². The van der Waals surface area contributed by atoms with Crippen LogP contribution in [0.2, 0.25) is 0 Å². The summed E-state index contributed by atoms with van der Waals surface area (Å²) >= 11 is 0. The van der Waals surface area contributed by atoms with E-state index in [9.17, 15) is 0 Å². The first kappa shape index (κ1) is 15.3. The third-order valence-electron chi connectivity index (χ3n) is 5.31. The molecule has 2 rings (SSSR count). The molecule has 0 bridgehead atoms. The average Bonchev–Trinajstić information content (AvgIpc) is 2.39. The lowest BCUT2D eigenvalue weighted by Gasteiger charge is -2.45. The molecule has 0 spiro atoms. The van der Waals surface area contributed by atoms with E-state index in [2.05, 4.69) is 26.2 Å². The molecule has 1 N–H and O–H groups in total. The Morgan fingerprint density at radius 1 is 1.16 bits per heavy atom. The highest BCUT2D eigenvalue weighted by atomic mass is 16.5. The van der Waals surface area contributed by atoms with Gasteiger partial charge in [-0.15, -0.1) is 0 Å². The van der Waals surface area contributed by atoms with E-state index in [1.165, 1.54) is 57.8 Å². The fourth-order valence-corrected chi connectivity index (χ4v) is 4.36. The number of nitrogens with one attached hydrogen (secondary N) is 1. The molecule has 0 saturated heterocycles. The van der Waals surface area contributed by atoms with Gasteiger partial charge < -0.3 is 10.1 Å². The lowest BCUT2D eigenvalue weighted by Crippen LogP contribution is -2.49. The third-order valence-corrected chi connectivity index (χ3v) is 5.31. The number of likely N-dealkylation sites (N-methyl/N-ethyl adjacent to an activating group) is 1. The van der Waals surface area contributed by atoms with Crippen molar-refractivity contribution in [1.29, 1.82) is 0 Å². The molecule has 2 fully saturated rings. The minimum absolute atomic E-state index is 0.127. The lowest BCUT2D eigenvalue weighted by atomic mass is 9.77. The minimum atomic E-state index is 0.127. The molecule has 0 aromatic rings. The predicted octanol–water partition coefficient (Wildman–Crippen LogP) is 4.14. The first-order valence-corrected chi connectivity index (χ1v) is 8.51. The van der Waals surface area contributed by atoms with Crippen molar-refractivity contribution in [1.82, 2.24) is 5.32 Å². The molecule has 112 valence electrons. The van der Waals surface area contributed by atoms with Crippen molar-refractivity contribution in [2.75, 3.05) is 13.6 Å². The maximum atomic E-state index is 6.77. The lowest BCUT2D eigenvalue weighted by molar-refractivity contribution is -0.147. The van der Waals surface area contributed by atoms with Gasteiger partial charge in [0.15, 0.2) is 0 Å². The molecule has 0 aliphatic heterocycles. The molecule has 19 heavy (non-hydrogen) atoms. The monoisotopic (exact) mass is 267 g/mol. The molecule has 2 heteroatoms. The zero-order valence-electron chi connectivity index (χ0n) is 13.2. The summed E-state index contributed by atoms with van der Waals surface area (Å²) in [5.74, 6) is 1.63. The molecule has 2 nitrogen and oxygen atoms in total. The van der Waals surface area contributed by atoms with Crippen molar-refractivity contribution in [3.05, 3.63) is 0 Å². The average molecular weight is 267 g/mol. The van der Waals surface area contributed by atoms with E-state index in [-0.39, 0.29) is 5.60 Å². The Kier molecular flexibility index (Phi) is 5.70. The van der Waals surface area contributed by atoms with Crippen LogP contribution >= 0.6 is 0 Å². The number of hydrogen-bond donors (Lipinski definition) is 1. The molecule has 4 atom stereocenters. The van der Waals surface area contributed by atoms with Gasteiger partial charge in [-0.3, -0.25) is 0 Å². The van der Waals surface area contributed by atoms with Gasteiger partial charge in [-0.2, -0.15) is 0 Å². The zero-order valence-corrected chi connectivity index (χ0v) is 13.2. The van der Waals surface area contributed by atoms with E-state index in [1.807, 2.05) is 0 Å². The van der Waals surface area contributed by atoms with Crippen LogP contribution in [0.4, 0.5) is 0 Å². The Labute approximate surface area is 119 Å². The van der Waals surface area contributed by atoms with Gasteiger partial charge in [0.1, 0.15) is 0 Å². The second-order valence-electron chi connectivity index (χ2n) is 7.02. The summed E-state index contributed by atoms with van der Waals surface area (Å²) < 4.78 is 6.77. The maximum Gasteiger partial charge on any atom is 0.0812 e. The fourth-order valence-electron chi connectivity index (χ4n) is 4.36. The van der Waals surface area contributed by atoms with Gasteiger partial charge in [-0.1, -0.05) is 46.0 Å². The molecule has 0 radical (unpaired) electrons. The number of hydrogen-bond acceptors (Lipinski definition) is 2. The maximum absolute atomic E-state index is 6.77. The second kappa shape index (κ2) is 7.08. The zero-order chi connectivity index (χ0) is 13.7. The van der Waals surface area contributed by atoms with E-state index in [1.54, 1.807) is 0 Å². The largest absolute Gasteiger partial charge is 0.370 e. The fraction of sp³-hybridized carbons (Fsp3) is 1.00. The summed E-state index contributed by atoms with van der Waals surface area (Å²) in [5.41, 5.74) is 0.127. The molecule has 4 unspecified atom stereocenters. The normalized spacial score (nSPS) is 40.3. The van der Waals surface area contributed by atoms with E-state index < -0.39 is 0 Å². The van der Waals surface area contributed by atoms with Crippen LogP contribution in [0.1, 0.15) is 71.6 Å². The molecule has 2 aliphatic carbocycles. The van der Waals surface area contributed by atoms with Crippen molar-refractivity contribution in [2.45, 2.75) is 83.3 Å². The number of ether oxygens (including phenoxy) is 1. The van der Waals surface area contributed by atoms with Crippen molar-refractivity contribution >= 4 is 0 Å². The van der Waals surface area contributed by atoms with Gasteiger partial charge >= 0.3 is 0 Å². The van der Waals surface area contributed by atoms with Gasteiger partial charge in [-0.25, -0.2) is 0 Å². The van der Waals surface area contributed by atoms with Gasteiger partial charge in [-0.05, 0) is 44.6 Å². The predicted molar refractivity (Wildman–Crippen MR) is 81.4 cm³/mol. The summed E-state index contributed by atoms with van der Waals surface area (Å²) in [6.07, 6.45) is 12.5. The van der Waals surface area contributed by atoms with Crippen LogP contribution in [-0.2, 0) is 4.74 Å². The van der Waals surface area contributed by atoms with E-state index >= 15 is 0 Å². The second-order valence-corrected chi connectivity index (χ2v) is 7.02. The highest BCUT2D eigenvalue weighted by Gasteiger charge is 2.39. The summed E-state index contributed by atoms with van der Waals surface area (Å²) in [7, 11) is 2.07. The van der Waals surface area contributed by atoms with Crippen LogP contribution in [0.3, 0.4) is 0 Å². The van der Waals surface area contributed by atoms with Crippen molar-refractivity contribution < 1.29 is 4.74 Å². The molecule has 0 aromatic heterocycles. The van der Waals surface area contributed by atoms with Crippen LogP contribution < -0.4 is 5.32 Å². The Bertz CT molecular complexity index is 264. The van der Waals surface area contributed by atoms with Gasteiger partial charge in [0.25, 0.3) is 0 Å². The molecule has 2 aliphatic rings. The highest BCUT2D eigenvalue weighted by Crippen LogP contribution is 2.39. The topological polar surface area (TPSA) is 21.3 Å². The van der Waals surface area contributed by atoms with E-state index in [0.29, 0.717) is 6.10 Å². The van der Waals surface area contributed by atoms with E-state index in [4.69, 9.17) is 4.74 Å². The quantitative estimate of drug-likeness (QED) is 0.808. The van der Waals surface area contributed by atoms with Gasteiger partial charge in [0.05, 0.1) is 11.7 Å². The molecular formula is C17H33NO. The molecule has 0 heterocycles. The summed E-state index contributed by atoms with van der Waals surface area (Å²) in [4.78, 5) is 0. The van der Waals surface area contributed by atoms with Crippen LogP contribution in [0, 0.1) is 11.8 Å². The SMILES string of the molecule is CCC1CCCCC1OC1(CNC)CCCC(C)C1. The molecule has 0 aromatic carbocycles. The van der Waals surface area contributed by atoms with Crippen molar-refractivity contribution in [3.8, 4) is 0 Å². The summed E-state index contributed by atoms with van der Waals surface area (Å²) in [6.45, 7) is 5.76. The minimum Gasteiger partial charge on any atom is -0.370 e. The Morgan fingerprint density at radius 2 is 1.95 bits per heavy atom. The smallest absolute Gasteiger partial charge is 0.0812 e. The Morgan fingerprint density at radius 3 is 2.63 bits per heavy atom.